The number of carbonyl (C=O) groups excluding carboxylic acids is 3. The highest BCUT2D eigenvalue weighted by Crippen LogP contribution is 2.53. The van der Waals surface area contributed by atoms with Crippen molar-refractivity contribution in [3.8, 4) is 5.75 Å². The number of carbonyl (C=O) groups is 3. The summed E-state index contributed by atoms with van der Waals surface area (Å²) in [5.74, 6) is -3.11. The average Bonchev–Trinajstić information content (AvgIpc) is 3.63. The summed E-state index contributed by atoms with van der Waals surface area (Å²) in [5.41, 5.74) is -0.778. The van der Waals surface area contributed by atoms with Crippen molar-refractivity contribution in [3.63, 3.8) is 0 Å². The molecule has 0 bridgehead atoms. The molecule has 9 heteroatoms. The summed E-state index contributed by atoms with van der Waals surface area (Å²) in [6.45, 7) is 2.45. The molecule has 1 spiro atoms. The fourth-order valence-corrected chi connectivity index (χ4v) is 5.15. The zero-order valence-electron chi connectivity index (χ0n) is 20.8. The van der Waals surface area contributed by atoms with Crippen LogP contribution in [-0.4, -0.2) is 40.5 Å². The highest BCUT2D eigenvalue weighted by molar-refractivity contribution is 6.00. The predicted octanol–water partition coefficient (Wildman–Crippen LogP) is 3.91. The van der Waals surface area contributed by atoms with Crippen molar-refractivity contribution < 1.29 is 27.9 Å². The molecule has 2 heterocycles. The van der Waals surface area contributed by atoms with Gasteiger partial charge in [-0.15, -0.1) is 0 Å². The van der Waals surface area contributed by atoms with E-state index < -0.39 is 34.3 Å². The molecular formula is C29H26F2N2O5. The lowest BCUT2D eigenvalue weighted by Crippen LogP contribution is -2.49. The fraction of sp³-hybridized carbons (Fsp3) is 0.310. The third-order valence-corrected chi connectivity index (χ3v) is 7.41. The highest BCUT2D eigenvalue weighted by atomic mass is 19.1. The topological polar surface area (TPSA) is 85.7 Å². The van der Waals surface area contributed by atoms with E-state index in [9.17, 15) is 28.0 Å². The number of fused-ring (bicyclic) bond motifs is 2. The van der Waals surface area contributed by atoms with Crippen LogP contribution < -0.4 is 10.2 Å². The largest absolute Gasteiger partial charge is 0.483 e. The van der Waals surface area contributed by atoms with Crippen LogP contribution >= 0.6 is 0 Å². The van der Waals surface area contributed by atoms with E-state index in [1.165, 1.54) is 12.3 Å². The van der Waals surface area contributed by atoms with Crippen LogP contribution in [0.1, 0.15) is 51.7 Å². The Morgan fingerprint density at radius 2 is 1.92 bits per heavy atom. The van der Waals surface area contributed by atoms with E-state index in [0.29, 0.717) is 13.0 Å². The van der Waals surface area contributed by atoms with Gasteiger partial charge in [0.1, 0.15) is 24.5 Å². The SMILES string of the molecule is CCN1C[C@@]2(C[C@@H]2C=O)n2cc(C(=O)CCc3ccc(F)cc3F)c(=O)c(OCc3ccccc3)c2C1=O. The minimum atomic E-state index is -0.775. The van der Waals surface area contributed by atoms with E-state index in [1.54, 1.807) is 21.6 Å². The molecule has 0 N–H and O–H groups in total. The zero-order valence-corrected chi connectivity index (χ0v) is 20.8. The van der Waals surface area contributed by atoms with Crippen LogP contribution in [0.25, 0.3) is 0 Å². The summed E-state index contributed by atoms with van der Waals surface area (Å²) in [7, 11) is 0. The maximum Gasteiger partial charge on any atom is 0.274 e. The number of amides is 1. The zero-order chi connectivity index (χ0) is 27.0. The van der Waals surface area contributed by atoms with Gasteiger partial charge in [0.2, 0.25) is 5.43 Å². The van der Waals surface area contributed by atoms with E-state index in [4.69, 9.17) is 4.74 Å². The van der Waals surface area contributed by atoms with Crippen LogP contribution in [0.2, 0.25) is 0 Å². The molecule has 1 amide bonds. The molecule has 2 aromatic carbocycles. The van der Waals surface area contributed by atoms with Gasteiger partial charge < -0.3 is 19.0 Å². The average molecular weight is 521 g/mol. The number of nitrogens with zero attached hydrogens (tertiary/aromatic N) is 2. The molecule has 0 radical (unpaired) electrons. The van der Waals surface area contributed by atoms with E-state index in [-0.39, 0.29) is 54.5 Å². The summed E-state index contributed by atoms with van der Waals surface area (Å²) in [5, 5.41) is 0. The van der Waals surface area contributed by atoms with Crippen molar-refractivity contribution in [1.82, 2.24) is 9.47 Å². The Morgan fingerprint density at radius 1 is 1.16 bits per heavy atom. The molecule has 2 atom stereocenters. The first-order valence-corrected chi connectivity index (χ1v) is 12.5. The Balaban J connectivity index is 1.57. The summed E-state index contributed by atoms with van der Waals surface area (Å²) < 4.78 is 34.9. The fourth-order valence-electron chi connectivity index (χ4n) is 5.15. The smallest absolute Gasteiger partial charge is 0.274 e. The van der Waals surface area contributed by atoms with Crippen molar-refractivity contribution in [3.05, 3.63) is 99.0 Å². The Labute approximate surface area is 217 Å². The molecule has 1 aromatic heterocycles. The summed E-state index contributed by atoms with van der Waals surface area (Å²) in [6, 6.07) is 12.2. The molecule has 196 valence electrons. The van der Waals surface area contributed by atoms with Crippen molar-refractivity contribution in [1.29, 1.82) is 0 Å². The van der Waals surface area contributed by atoms with E-state index in [0.717, 1.165) is 24.0 Å². The van der Waals surface area contributed by atoms with Gasteiger partial charge in [-0.1, -0.05) is 36.4 Å². The molecule has 0 saturated heterocycles. The standard InChI is InChI=1S/C29H26F2N2O5/c1-2-32-17-29(13-20(29)15-34)33-14-22(24(35)11-9-19-8-10-21(30)12-23(19)31)26(36)27(25(33)28(32)37)38-16-18-6-4-3-5-7-18/h3-8,10,12,14-15,20H,2,9,11,13,16-17H2,1H3/t20-,29-/m1/s1. The first-order chi connectivity index (χ1) is 18.3. The lowest BCUT2D eigenvalue weighted by molar-refractivity contribution is -0.109. The molecule has 1 aliphatic carbocycles. The predicted molar refractivity (Wildman–Crippen MR) is 134 cm³/mol. The number of Topliss-reactive ketones (excluding diaryl/α,β-unsaturated/α-hetero) is 1. The number of halogens is 2. The number of hydrogen-bond acceptors (Lipinski definition) is 5. The second-order valence-electron chi connectivity index (χ2n) is 9.72. The van der Waals surface area contributed by atoms with Crippen molar-refractivity contribution in [2.24, 2.45) is 5.92 Å². The number of aryl methyl sites for hydroxylation is 1. The quantitative estimate of drug-likeness (QED) is 0.316. The van der Waals surface area contributed by atoms with Crippen LogP contribution in [0.3, 0.4) is 0 Å². The van der Waals surface area contributed by atoms with Gasteiger partial charge in [0.05, 0.1) is 11.1 Å². The number of ketones is 1. The second kappa shape index (κ2) is 9.96. The monoisotopic (exact) mass is 520 g/mol. The number of aldehydes is 1. The van der Waals surface area contributed by atoms with Gasteiger partial charge >= 0.3 is 0 Å². The van der Waals surface area contributed by atoms with Crippen LogP contribution in [0, 0.1) is 17.6 Å². The summed E-state index contributed by atoms with van der Waals surface area (Å²) >= 11 is 0. The van der Waals surface area contributed by atoms with Crippen molar-refractivity contribution >= 4 is 18.0 Å². The highest BCUT2D eigenvalue weighted by Gasteiger charge is 2.60. The maximum atomic E-state index is 14.1. The number of benzene rings is 2. The van der Waals surface area contributed by atoms with Gasteiger partial charge in [-0.25, -0.2) is 8.78 Å². The Bertz CT molecular complexity index is 1490. The first kappa shape index (κ1) is 25.5. The molecule has 1 aliphatic heterocycles. The number of hydrogen-bond donors (Lipinski definition) is 0. The third-order valence-electron chi connectivity index (χ3n) is 7.41. The summed E-state index contributed by atoms with van der Waals surface area (Å²) in [6.07, 6.45) is 2.38. The molecule has 0 unspecified atom stereocenters. The lowest BCUT2D eigenvalue weighted by Gasteiger charge is -2.37. The Hall–Kier alpha value is -4.14. The molecule has 38 heavy (non-hydrogen) atoms. The molecule has 1 saturated carbocycles. The van der Waals surface area contributed by atoms with Gasteiger partial charge in [-0.2, -0.15) is 0 Å². The number of likely N-dealkylation sites (N-methyl/N-ethyl adjacent to an activating group) is 1. The summed E-state index contributed by atoms with van der Waals surface area (Å²) in [4.78, 5) is 53.7. The number of aromatic nitrogens is 1. The number of pyridine rings is 1. The van der Waals surface area contributed by atoms with Crippen molar-refractivity contribution in [2.45, 2.75) is 38.3 Å². The van der Waals surface area contributed by atoms with E-state index in [1.807, 2.05) is 25.1 Å². The van der Waals surface area contributed by atoms with Crippen LogP contribution in [-0.2, 0) is 23.4 Å². The van der Waals surface area contributed by atoms with Crippen molar-refractivity contribution in [2.75, 3.05) is 13.1 Å². The first-order valence-electron chi connectivity index (χ1n) is 12.5. The molecule has 5 rings (SSSR count). The maximum absolute atomic E-state index is 14.1. The third kappa shape index (κ3) is 4.42. The Kier molecular flexibility index (Phi) is 6.69. The minimum absolute atomic E-state index is 0.00890. The minimum Gasteiger partial charge on any atom is -0.483 e. The van der Waals surface area contributed by atoms with Crippen LogP contribution in [0.5, 0.6) is 5.75 Å². The normalized spacial score (nSPS) is 19.8. The number of ether oxygens (including phenoxy) is 1. The molecular weight excluding hydrogens is 494 g/mol. The molecule has 3 aromatic rings. The molecule has 2 aliphatic rings. The van der Waals surface area contributed by atoms with E-state index >= 15 is 0 Å². The molecule has 7 nitrogen and oxygen atoms in total. The lowest BCUT2D eigenvalue weighted by atomic mass is 10.00. The van der Waals surface area contributed by atoms with Gasteiger partial charge in [0.15, 0.2) is 17.2 Å². The van der Waals surface area contributed by atoms with Gasteiger partial charge in [0.25, 0.3) is 5.91 Å². The van der Waals surface area contributed by atoms with Crippen LogP contribution in [0.15, 0.2) is 59.5 Å². The molecule has 1 fully saturated rings. The Morgan fingerprint density at radius 3 is 2.58 bits per heavy atom. The van der Waals surface area contributed by atoms with Gasteiger partial charge in [0, 0.05) is 37.7 Å². The second-order valence-corrected chi connectivity index (χ2v) is 9.72. The number of rotatable bonds is 9. The van der Waals surface area contributed by atoms with Crippen LogP contribution in [0.4, 0.5) is 8.78 Å². The van der Waals surface area contributed by atoms with E-state index in [2.05, 4.69) is 0 Å². The van der Waals surface area contributed by atoms with Gasteiger partial charge in [-0.3, -0.25) is 14.4 Å². The van der Waals surface area contributed by atoms with Gasteiger partial charge in [-0.05, 0) is 37.0 Å².